The van der Waals surface area contributed by atoms with E-state index in [2.05, 4.69) is 10.3 Å². The molecule has 0 bridgehead atoms. The SMILES string of the molecule is CC(C)(C)OC(=O)N[C@@H](Cc1ccccc1)C(=O)N=C1S[C@H]2CS(=O)(=O)C[C@H]2N1Cc1ccc(F)cc1. The average Bonchev–Trinajstić information content (AvgIpc) is 3.25. The largest absolute Gasteiger partial charge is 0.444 e. The Balaban J connectivity index is 1.60. The number of nitrogens with zero attached hydrogens (tertiary/aromatic N) is 2. The fraction of sp³-hybridized carbons (Fsp3) is 0.423. The Hall–Kier alpha value is -2.92. The third-order valence-corrected chi connectivity index (χ3v) is 9.17. The Kier molecular flexibility index (Phi) is 7.94. The van der Waals surface area contributed by atoms with E-state index in [1.165, 1.54) is 23.9 Å². The van der Waals surface area contributed by atoms with Crippen LogP contribution in [0.25, 0.3) is 0 Å². The van der Waals surface area contributed by atoms with Crippen molar-refractivity contribution in [3.05, 3.63) is 71.5 Å². The molecule has 37 heavy (non-hydrogen) atoms. The van der Waals surface area contributed by atoms with Crippen LogP contribution in [0.15, 0.2) is 59.6 Å². The molecule has 0 aliphatic carbocycles. The summed E-state index contributed by atoms with van der Waals surface area (Å²) in [6, 6.07) is 13.8. The molecular weight excluding hydrogens is 517 g/mol. The Morgan fingerprint density at radius 1 is 1.11 bits per heavy atom. The summed E-state index contributed by atoms with van der Waals surface area (Å²) in [6.45, 7) is 5.47. The Morgan fingerprint density at radius 2 is 1.78 bits per heavy atom. The number of hydrogen-bond donors (Lipinski definition) is 1. The molecule has 2 fully saturated rings. The van der Waals surface area contributed by atoms with Gasteiger partial charge in [0.25, 0.3) is 5.91 Å². The number of hydrogen-bond acceptors (Lipinski definition) is 6. The average molecular weight is 548 g/mol. The lowest BCUT2D eigenvalue weighted by atomic mass is 10.1. The zero-order valence-electron chi connectivity index (χ0n) is 20.9. The lowest BCUT2D eigenvalue weighted by Gasteiger charge is -2.25. The molecule has 2 aromatic rings. The maximum atomic E-state index is 13.4. The second kappa shape index (κ2) is 10.8. The van der Waals surface area contributed by atoms with Gasteiger partial charge in [-0.15, -0.1) is 0 Å². The minimum atomic E-state index is -3.22. The molecule has 8 nitrogen and oxygen atoms in total. The van der Waals surface area contributed by atoms with Gasteiger partial charge in [0.15, 0.2) is 15.0 Å². The van der Waals surface area contributed by atoms with Crippen molar-refractivity contribution < 1.29 is 27.1 Å². The molecule has 198 valence electrons. The highest BCUT2D eigenvalue weighted by molar-refractivity contribution is 8.15. The third kappa shape index (κ3) is 7.32. The molecule has 2 aromatic carbocycles. The van der Waals surface area contributed by atoms with Crippen LogP contribution >= 0.6 is 11.8 Å². The number of benzene rings is 2. The molecule has 4 rings (SSSR count). The standard InChI is InChI=1S/C26H30FN3O5S2/c1-26(2,3)35-25(32)28-20(13-17-7-5-4-6-8-17)23(31)29-24-30(14-18-9-11-19(27)12-10-18)21-15-37(33,34)16-22(21)36-24/h4-12,20-22H,13-16H2,1-3H3,(H,28,32)/t20-,21+,22-/m0/s1. The van der Waals surface area contributed by atoms with E-state index in [0.717, 1.165) is 11.1 Å². The molecule has 0 unspecified atom stereocenters. The number of rotatable bonds is 6. The van der Waals surface area contributed by atoms with Crippen LogP contribution in [0.1, 0.15) is 31.9 Å². The summed E-state index contributed by atoms with van der Waals surface area (Å²) in [5.41, 5.74) is 0.856. The van der Waals surface area contributed by atoms with Crippen molar-refractivity contribution in [3.8, 4) is 0 Å². The number of ether oxygens (including phenoxy) is 1. The number of sulfone groups is 1. The van der Waals surface area contributed by atoms with Gasteiger partial charge < -0.3 is 15.0 Å². The van der Waals surface area contributed by atoms with Crippen LogP contribution < -0.4 is 5.32 Å². The first-order chi connectivity index (χ1) is 17.4. The molecule has 3 atom stereocenters. The molecule has 2 saturated heterocycles. The number of carbonyl (C=O) groups is 2. The first-order valence-corrected chi connectivity index (χ1v) is 14.6. The molecule has 0 aromatic heterocycles. The van der Waals surface area contributed by atoms with Crippen LogP contribution in [0.4, 0.5) is 9.18 Å². The summed E-state index contributed by atoms with van der Waals surface area (Å²) >= 11 is 1.25. The van der Waals surface area contributed by atoms with E-state index in [1.54, 1.807) is 37.8 Å². The lowest BCUT2D eigenvalue weighted by molar-refractivity contribution is -0.119. The molecule has 0 spiro atoms. The van der Waals surface area contributed by atoms with E-state index in [-0.39, 0.29) is 41.6 Å². The highest BCUT2D eigenvalue weighted by atomic mass is 32.2. The van der Waals surface area contributed by atoms with E-state index < -0.39 is 33.5 Å². The second-order valence-corrected chi connectivity index (χ2v) is 13.5. The summed E-state index contributed by atoms with van der Waals surface area (Å²) in [6.07, 6.45) is -0.522. The van der Waals surface area contributed by atoms with Gasteiger partial charge in [-0.2, -0.15) is 4.99 Å². The van der Waals surface area contributed by atoms with Gasteiger partial charge in [0, 0.05) is 18.2 Å². The fourth-order valence-corrected chi connectivity index (χ4v) is 8.24. The first-order valence-electron chi connectivity index (χ1n) is 11.9. The van der Waals surface area contributed by atoms with Gasteiger partial charge >= 0.3 is 6.09 Å². The van der Waals surface area contributed by atoms with Crippen LogP contribution in [-0.4, -0.2) is 64.9 Å². The van der Waals surface area contributed by atoms with E-state index in [4.69, 9.17) is 4.74 Å². The summed E-state index contributed by atoms with van der Waals surface area (Å²) in [5, 5.41) is 2.78. The number of amidine groups is 1. The van der Waals surface area contributed by atoms with Crippen LogP contribution in [0.2, 0.25) is 0 Å². The molecule has 0 radical (unpaired) electrons. The predicted octanol–water partition coefficient (Wildman–Crippen LogP) is 3.56. The van der Waals surface area contributed by atoms with Crippen molar-refractivity contribution in [1.82, 2.24) is 10.2 Å². The molecule has 1 N–H and O–H groups in total. The number of fused-ring (bicyclic) bond motifs is 1. The van der Waals surface area contributed by atoms with Crippen LogP contribution in [0.5, 0.6) is 0 Å². The number of amides is 2. The van der Waals surface area contributed by atoms with E-state index in [0.29, 0.717) is 5.17 Å². The zero-order valence-corrected chi connectivity index (χ0v) is 22.5. The number of nitrogens with one attached hydrogen (secondary N) is 1. The Morgan fingerprint density at radius 3 is 2.43 bits per heavy atom. The minimum Gasteiger partial charge on any atom is -0.444 e. The Bertz CT molecular complexity index is 1280. The maximum Gasteiger partial charge on any atom is 0.408 e. The van der Waals surface area contributed by atoms with Crippen LogP contribution in [0.3, 0.4) is 0 Å². The molecule has 2 heterocycles. The summed E-state index contributed by atoms with van der Waals surface area (Å²) in [5.74, 6) is -0.979. The van der Waals surface area contributed by atoms with Gasteiger partial charge in [-0.3, -0.25) is 4.79 Å². The van der Waals surface area contributed by atoms with Crippen molar-refractivity contribution in [2.45, 2.75) is 56.7 Å². The molecule has 2 aliphatic heterocycles. The number of halogens is 1. The number of alkyl carbamates (subject to hydrolysis) is 1. The highest BCUT2D eigenvalue weighted by Crippen LogP contribution is 2.39. The minimum absolute atomic E-state index is 0.000928. The maximum absolute atomic E-state index is 13.4. The summed E-state index contributed by atoms with van der Waals surface area (Å²) in [7, 11) is -3.22. The molecular formula is C26H30FN3O5S2. The van der Waals surface area contributed by atoms with E-state index >= 15 is 0 Å². The molecule has 0 saturated carbocycles. The van der Waals surface area contributed by atoms with Gasteiger partial charge in [0.2, 0.25) is 0 Å². The third-order valence-electron chi connectivity index (χ3n) is 5.92. The smallest absolute Gasteiger partial charge is 0.408 e. The normalized spacial score (nSPS) is 22.5. The molecule has 2 amide bonds. The molecule has 11 heteroatoms. The van der Waals surface area contributed by atoms with Crippen molar-refractivity contribution in [1.29, 1.82) is 0 Å². The van der Waals surface area contributed by atoms with E-state index in [1.807, 2.05) is 30.3 Å². The fourth-order valence-electron chi connectivity index (χ4n) is 4.28. The second-order valence-electron chi connectivity index (χ2n) is 10.2. The van der Waals surface area contributed by atoms with Crippen molar-refractivity contribution >= 4 is 38.8 Å². The van der Waals surface area contributed by atoms with E-state index in [9.17, 15) is 22.4 Å². The van der Waals surface area contributed by atoms with Crippen molar-refractivity contribution in [2.24, 2.45) is 4.99 Å². The van der Waals surface area contributed by atoms with Crippen LogP contribution in [0, 0.1) is 5.82 Å². The van der Waals surface area contributed by atoms with Crippen molar-refractivity contribution in [3.63, 3.8) is 0 Å². The lowest BCUT2D eigenvalue weighted by Crippen LogP contribution is -2.45. The van der Waals surface area contributed by atoms with Gasteiger partial charge in [-0.1, -0.05) is 54.2 Å². The first kappa shape index (κ1) is 27.1. The topological polar surface area (TPSA) is 105 Å². The predicted molar refractivity (Wildman–Crippen MR) is 142 cm³/mol. The molecule has 2 aliphatic rings. The zero-order chi connectivity index (χ0) is 26.8. The summed E-state index contributed by atoms with van der Waals surface area (Å²) < 4.78 is 43.4. The highest BCUT2D eigenvalue weighted by Gasteiger charge is 2.49. The van der Waals surface area contributed by atoms with Gasteiger partial charge in [0.1, 0.15) is 17.5 Å². The van der Waals surface area contributed by atoms with Gasteiger partial charge in [-0.25, -0.2) is 17.6 Å². The Labute approximate surface area is 220 Å². The quantitative estimate of drug-likeness (QED) is 0.590. The number of carbonyl (C=O) groups excluding carboxylic acids is 2. The summed E-state index contributed by atoms with van der Waals surface area (Å²) in [4.78, 5) is 32.1. The van der Waals surface area contributed by atoms with Gasteiger partial charge in [0.05, 0.1) is 17.5 Å². The van der Waals surface area contributed by atoms with Crippen LogP contribution in [-0.2, 0) is 32.3 Å². The van der Waals surface area contributed by atoms with Gasteiger partial charge in [-0.05, 0) is 44.0 Å². The number of aliphatic imine (C=N–C) groups is 1. The monoisotopic (exact) mass is 547 g/mol. The number of thioether (sulfide) groups is 1. The van der Waals surface area contributed by atoms with Crippen molar-refractivity contribution in [2.75, 3.05) is 11.5 Å².